The first-order valence-electron chi connectivity index (χ1n) is 10.1. The van der Waals surface area contributed by atoms with Crippen molar-refractivity contribution in [3.63, 3.8) is 0 Å². The summed E-state index contributed by atoms with van der Waals surface area (Å²) >= 11 is 0. The van der Waals surface area contributed by atoms with Crippen molar-refractivity contribution in [3.05, 3.63) is 84.3 Å². The number of nitrogens with zero attached hydrogens (tertiary/aromatic N) is 2. The van der Waals surface area contributed by atoms with Crippen molar-refractivity contribution in [2.75, 3.05) is 26.3 Å². The van der Waals surface area contributed by atoms with E-state index in [1.165, 1.54) is 39.1 Å². The molecular formula is C22H24N2O6S2. The highest BCUT2D eigenvalue weighted by Gasteiger charge is 2.29. The van der Waals surface area contributed by atoms with E-state index < -0.39 is 20.0 Å². The lowest BCUT2D eigenvalue weighted by atomic mass is 10.2. The van der Waals surface area contributed by atoms with E-state index in [0.717, 1.165) is 5.56 Å². The van der Waals surface area contributed by atoms with Gasteiger partial charge in [-0.3, -0.25) is 0 Å². The van der Waals surface area contributed by atoms with E-state index in [1.807, 2.05) is 30.3 Å². The quantitative estimate of drug-likeness (QED) is 0.496. The van der Waals surface area contributed by atoms with Crippen LogP contribution in [-0.4, -0.2) is 51.7 Å². The number of hydrogen-bond acceptors (Lipinski definition) is 6. The van der Waals surface area contributed by atoms with Gasteiger partial charge in [-0.15, -0.1) is 0 Å². The second-order valence-corrected chi connectivity index (χ2v) is 11.2. The Balaban J connectivity index is 1.61. The Morgan fingerprint density at radius 3 is 2.06 bits per heavy atom. The number of ether oxygens (including phenoxy) is 1. The Labute approximate surface area is 188 Å². The van der Waals surface area contributed by atoms with Crippen molar-refractivity contribution >= 4 is 20.0 Å². The Kier molecular flexibility index (Phi) is 6.77. The zero-order chi connectivity index (χ0) is 22.6. The zero-order valence-electron chi connectivity index (χ0n) is 17.3. The molecule has 0 amide bonds. The molecule has 0 bridgehead atoms. The summed E-state index contributed by atoms with van der Waals surface area (Å²) in [4.78, 5) is 0.0694. The van der Waals surface area contributed by atoms with Crippen LogP contribution in [-0.2, 0) is 37.9 Å². The van der Waals surface area contributed by atoms with Crippen LogP contribution in [0.4, 0.5) is 0 Å². The average molecular weight is 477 g/mol. The molecule has 1 aliphatic rings. The van der Waals surface area contributed by atoms with Crippen molar-refractivity contribution in [1.82, 2.24) is 8.61 Å². The average Bonchev–Trinajstić information content (AvgIpc) is 3.33. The van der Waals surface area contributed by atoms with Crippen molar-refractivity contribution in [2.24, 2.45) is 0 Å². The Morgan fingerprint density at radius 2 is 1.44 bits per heavy atom. The maximum absolute atomic E-state index is 13.4. The highest BCUT2D eigenvalue weighted by atomic mass is 32.2. The monoisotopic (exact) mass is 476 g/mol. The molecule has 0 saturated carbocycles. The fourth-order valence-corrected chi connectivity index (χ4v) is 6.26. The van der Waals surface area contributed by atoms with Gasteiger partial charge in [0.05, 0.1) is 35.8 Å². The van der Waals surface area contributed by atoms with E-state index in [0.29, 0.717) is 19.0 Å². The van der Waals surface area contributed by atoms with Gasteiger partial charge in [-0.05, 0) is 42.0 Å². The third-order valence-electron chi connectivity index (χ3n) is 5.18. The fraction of sp³-hybridized carbons (Fsp3) is 0.273. The Bertz CT molecular complexity index is 1220. The van der Waals surface area contributed by atoms with Crippen LogP contribution in [0.2, 0.25) is 0 Å². The van der Waals surface area contributed by atoms with Crippen molar-refractivity contribution in [2.45, 2.75) is 22.9 Å². The lowest BCUT2D eigenvalue weighted by molar-refractivity contribution is 0.0730. The van der Waals surface area contributed by atoms with Gasteiger partial charge in [0.2, 0.25) is 20.0 Å². The molecule has 4 rings (SSSR count). The predicted molar refractivity (Wildman–Crippen MR) is 118 cm³/mol. The van der Waals surface area contributed by atoms with Gasteiger partial charge >= 0.3 is 0 Å². The fourth-order valence-electron chi connectivity index (χ4n) is 3.46. The second-order valence-electron chi connectivity index (χ2n) is 7.33. The molecule has 1 aliphatic heterocycles. The highest BCUT2D eigenvalue weighted by molar-refractivity contribution is 7.89. The van der Waals surface area contributed by atoms with E-state index >= 15 is 0 Å². The molecule has 170 valence electrons. The standard InChI is InChI=1S/C22H24N2O6S2/c25-31(26,23-12-15-29-16-13-23)21-8-10-22(11-9-21)32(27,28)24(18-20-7-4-14-30-20)17-19-5-2-1-3-6-19/h1-11,14H,12-13,15-18H2. The molecular weight excluding hydrogens is 452 g/mol. The lowest BCUT2D eigenvalue weighted by Crippen LogP contribution is -2.40. The van der Waals surface area contributed by atoms with Crippen LogP contribution < -0.4 is 0 Å². The van der Waals surface area contributed by atoms with Crippen molar-refractivity contribution < 1.29 is 26.0 Å². The van der Waals surface area contributed by atoms with Crippen LogP contribution in [0.15, 0.2) is 87.2 Å². The number of furan rings is 1. The topological polar surface area (TPSA) is 97.1 Å². The van der Waals surface area contributed by atoms with E-state index in [2.05, 4.69) is 0 Å². The van der Waals surface area contributed by atoms with Gasteiger partial charge in [0, 0.05) is 19.6 Å². The van der Waals surface area contributed by atoms with Crippen LogP contribution in [0.1, 0.15) is 11.3 Å². The van der Waals surface area contributed by atoms with E-state index in [-0.39, 0.29) is 36.0 Å². The molecule has 8 nitrogen and oxygen atoms in total. The molecule has 0 N–H and O–H groups in total. The summed E-state index contributed by atoms with van der Waals surface area (Å²) in [6.07, 6.45) is 1.49. The summed E-state index contributed by atoms with van der Waals surface area (Å²) in [5.74, 6) is 0.510. The van der Waals surface area contributed by atoms with Gasteiger partial charge in [0.25, 0.3) is 0 Å². The normalized spacial score (nSPS) is 15.8. The van der Waals surface area contributed by atoms with Gasteiger partial charge in [-0.2, -0.15) is 8.61 Å². The first kappa shape index (κ1) is 22.7. The Morgan fingerprint density at radius 1 is 0.781 bits per heavy atom. The maximum atomic E-state index is 13.4. The van der Waals surface area contributed by atoms with E-state index in [1.54, 1.807) is 12.1 Å². The first-order chi connectivity index (χ1) is 15.4. The summed E-state index contributed by atoms with van der Waals surface area (Å²) in [5.41, 5.74) is 0.828. The third-order valence-corrected chi connectivity index (χ3v) is 8.90. The minimum atomic E-state index is -3.92. The molecule has 2 aromatic carbocycles. The summed E-state index contributed by atoms with van der Waals surface area (Å²) in [6.45, 7) is 1.43. The summed E-state index contributed by atoms with van der Waals surface area (Å²) in [7, 11) is -7.62. The van der Waals surface area contributed by atoms with Gasteiger partial charge in [-0.1, -0.05) is 30.3 Å². The molecule has 2 heterocycles. The summed E-state index contributed by atoms with van der Waals surface area (Å²) in [6, 6.07) is 18.0. The predicted octanol–water partition coefficient (Wildman–Crippen LogP) is 2.69. The maximum Gasteiger partial charge on any atom is 0.243 e. The molecule has 3 aromatic rings. The smallest absolute Gasteiger partial charge is 0.243 e. The van der Waals surface area contributed by atoms with Crippen LogP contribution >= 0.6 is 0 Å². The number of sulfonamides is 2. The third kappa shape index (κ3) is 4.94. The molecule has 1 aromatic heterocycles. The minimum absolute atomic E-state index is 0.0147. The molecule has 10 heteroatoms. The van der Waals surface area contributed by atoms with Crippen LogP contribution in [0.5, 0.6) is 0 Å². The molecule has 0 spiro atoms. The first-order valence-corrected chi connectivity index (χ1v) is 13.0. The highest BCUT2D eigenvalue weighted by Crippen LogP contribution is 2.24. The molecule has 0 aliphatic carbocycles. The molecule has 32 heavy (non-hydrogen) atoms. The van der Waals surface area contributed by atoms with Gasteiger partial charge in [0.15, 0.2) is 0 Å². The van der Waals surface area contributed by atoms with Crippen molar-refractivity contribution in [3.8, 4) is 0 Å². The number of morpholine rings is 1. The summed E-state index contributed by atoms with van der Waals surface area (Å²) < 4.78 is 65.8. The number of rotatable bonds is 8. The second kappa shape index (κ2) is 9.55. The minimum Gasteiger partial charge on any atom is -0.468 e. The number of benzene rings is 2. The van der Waals surface area contributed by atoms with Crippen LogP contribution in [0.25, 0.3) is 0 Å². The summed E-state index contributed by atoms with van der Waals surface area (Å²) in [5, 5.41) is 0. The zero-order valence-corrected chi connectivity index (χ0v) is 19.0. The van der Waals surface area contributed by atoms with E-state index in [4.69, 9.17) is 9.15 Å². The number of hydrogen-bond donors (Lipinski definition) is 0. The largest absolute Gasteiger partial charge is 0.468 e. The molecule has 0 radical (unpaired) electrons. The molecule has 1 fully saturated rings. The van der Waals surface area contributed by atoms with Crippen LogP contribution in [0, 0.1) is 0 Å². The Hall–Kier alpha value is -2.50. The molecule has 0 unspecified atom stereocenters. The van der Waals surface area contributed by atoms with Gasteiger partial charge < -0.3 is 9.15 Å². The van der Waals surface area contributed by atoms with E-state index in [9.17, 15) is 16.8 Å². The van der Waals surface area contributed by atoms with Crippen LogP contribution in [0.3, 0.4) is 0 Å². The SMILES string of the molecule is O=S(=O)(c1ccc(S(=O)(=O)N(Cc2ccccc2)Cc2ccco2)cc1)N1CCOCC1. The molecule has 1 saturated heterocycles. The molecule has 0 atom stereocenters. The lowest BCUT2D eigenvalue weighted by Gasteiger charge is -2.26. The van der Waals surface area contributed by atoms with Gasteiger partial charge in [-0.25, -0.2) is 16.8 Å². The van der Waals surface area contributed by atoms with Crippen molar-refractivity contribution in [1.29, 1.82) is 0 Å². The van der Waals surface area contributed by atoms with Gasteiger partial charge in [0.1, 0.15) is 5.76 Å².